The van der Waals surface area contributed by atoms with Crippen LogP contribution in [0.3, 0.4) is 0 Å². The van der Waals surface area contributed by atoms with Crippen LogP contribution in [0, 0.1) is 11.8 Å². The number of hydrogen-bond acceptors (Lipinski definition) is 4. The molecule has 0 spiro atoms. The second-order valence-electron chi connectivity index (χ2n) is 8.90. The van der Waals surface area contributed by atoms with Crippen molar-refractivity contribution >= 4 is 11.8 Å². The second kappa shape index (κ2) is 8.64. The average molecular weight is 388 g/mol. The van der Waals surface area contributed by atoms with Crippen LogP contribution in [0.4, 0.5) is 0 Å². The molecule has 0 aromatic carbocycles. The van der Waals surface area contributed by atoms with Crippen molar-refractivity contribution in [1.29, 1.82) is 0 Å². The molecule has 0 unspecified atom stereocenters. The van der Waals surface area contributed by atoms with E-state index in [0.29, 0.717) is 25.0 Å². The summed E-state index contributed by atoms with van der Waals surface area (Å²) >= 11 is 0. The Bertz CT molecular complexity index is 695. The zero-order valence-electron chi connectivity index (χ0n) is 16.9. The van der Waals surface area contributed by atoms with Gasteiger partial charge < -0.3 is 10.6 Å². The first-order chi connectivity index (χ1) is 13.6. The number of likely N-dealkylation sites (tertiary alicyclic amines) is 1. The van der Waals surface area contributed by atoms with Gasteiger partial charge in [-0.05, 0) is 44.4 Å². The summed E-state index contributed by atoms with van der Waals surface area (Å²) in [5.41, 5.74) is 1.02. The van der Waals surface area contributed by atoms with Crippen LogP contribution in [0.5, 0.6) is 0 Å². The molecule has 1 aromatic heterocycles. The number of carbonyl (C=O) groups excluding carboxylic acids is 2. The van der Waals surface area contributed by atoms with Gasteiger partial charge in [0, 0.05) is 62.9 Å². The van der Waals surface area contributed by atoms with Crippen LogP contribution in [0.2, 0.25) is 0 Å². The maximum absolute atomic E-state index is 12.5. The van der Waals surface area contributed by atoms with Gasteiger partial charge >= 0.3 is 0 Å². The molecule has 7 nitrogen and oxygen atoms in total. The van der Waals surface area contributed by atoms with Crippen molar-refractivity contribution in [3.8, 4) is 0 Å². The van der Waals surface area contributed by atoms with Crippen LogP contribution in [0.15, 0.2) is 12.4 Å². The number of carbonyl (C=O) groups is 2. The first kappa shape index (κ1) is 19.4. The largest absolute Gasteiger partial charge is 0.354 e. The van der Waals surface area contributed by atoms with Gasteiger partial charge in [0.05, 0.1) is 6.20 Å². The van der Waals surface area contributed by atoms with Gasteiger partial charge in [-0.1, -0.05) is 6.42 Å². The van der Waals surface area contributed by atoms with Crippen LogP contribution < -0.4 is 10.6 Å². The fourth-order valence-corrected chi connectivity index (χ4v) is 4.43. The Balaban J connectivity index is 1.26. The normalized spacial score (nSPS) is 25.5. The van der Waals surface area contributed by atoms with Crippen LogP contribution in [0.25, 0.3) is 0 Å². The average Bonchev–Trinajstić information content (AvgIpc) is 3.23. The summed E-state index contributed by atoms with van der Waals surface area (Å²) in [5.74, 6) is 1.36. The van der Waals surface area contributed by atoms with E-state index in [1.165, 1.54) is 19.3 Å². The number of rotatable bonds is 9. The van der Waals surface area contributed by atoms with Crippen molar-refractivity contribution in [3.05, 3.63) is 18.0 Å². The number of hydrogen-bond donors (Lipinski definition) is 2. The first-order valence-electron chi connectivity index (χ1n) is 10.9. The zero-order chi connectivity index (χ0) is 19.5. The number of aromatic nitrogens is 2. The van der Waals surface area contributed by atoms with Gasteiger partial charge in [-0.2, -0.15) is 5.10 Å². The molecule has 2 atom stereocenters. The minimum Gasteiger partial charge on any atom is -0.354 e. The molecule has 3 fully saturated rings. The van der Waals surface area contributed by atoms with Crippen LogP contribution in [-0.2, 0) is 23.2 Å². The SMILES string of the molecule is Cn1cc(CNC(=O)C[C@H]2CC[C@@H](CNC(=O)C3CCC3)N2CC2CC2)cn1. The lowest BCUT2D eigenvalue weighted by Gasteiger charge is -2.31. The third kappa shape index (κ3) is 4.93. The topological polar surface area (TPSA) is 79.3 Å². The van der Waals surface area contributed by atoms with Crippen molar-refractivity contribution in [2.75, 3.05) is 13.1 Å². The Kier molecular flexibility index (Phi) is 5.99. The van der Waals surface area contributed by atoms with Gasteiger partial charge in [-0.25, -0.2) is 0 Å². The molecule has 3 aliphatic rings. The van der Waals surface area contributed by atoms with Crippen LogP contribution in [-0.4, -0.2) is 51.7 Å². The number of aryl methyl sites for hydroxylation is 1. The van der Waals surface area contributed by atoms with Crippen LogP contribution in [0.1, 0.15) is 56.9 Å². The van der Waals surface area contributed by atoms with E-state index in [2.05, 4.69) is 20.6 Å². The summed E-state index contributed by atoms with van der Waals surface area (Å²) in [6, 6.07) is 0.667. The molecule has 2 amide bonds. The summed E-state index contributed by atoms with van der Waals surface area (Å²) in [5, 5.41) is 10.4. The lowest BCUT2D eigenvalue weighted by molar-refractivity contribution is -0.127. The van der Waals surface area contributed by atoms with Gasteiger partial charge in [0.25, 0.3) is 0 Å². The Labute approximate surface area is 167 Å². The third-order valence-corrected chi connectivity index (χ3v) is 6.59. The summed E-state index contributed by atoms with van der Waals surface area (Å²) in [6.07, 6.45) is 12.2. The van der Waals surface area contributed by atoms with Crippen molar-refractivity contribution in [3.63, 3.8) is 0 Å². The van der Waals surface area contributed by atoms with E-state index < -0.39 is 0 Å². The minimum atomic E-state index is 0.105. The highest BCUT2D eigenvalue weighted by atomic mass is 16.2. The molecule has 0 radical (unpaired) electrons. The van der Waals surface area contributed by atoms with Crippen molar-refractivity contribution in [1.82, 2.24) is 25.3 Å². The molecule has 7 heteroatoms. The Morgan fingerprint density at radius 2 is 1.89 bits per heavy atom. The molecule has 2 saturated carbocycles. The highest BCUT2D eigenvalue weighted by Gasteiger charge is 2.38. The minimum absolute atomic E-state index is 0.105. The summed E-state index contributed by atoms with van der Waals surface area (Å²) in [4.78, 5) is 27.2. The number of nitrogens with one attached hydrogen (secondary N) is 2. The Hall–Kier alpha value is -1.89. The van der Waals surface area contributed by atoms with E-state index in [-0.39, 0.29) is 17.7 Å². The summed E-state index contributed by atoms with van der Waals surface area (Å²) in [6.45, 7) is 2.34. The molecular formula is C21H33N5O2. The summed E-state index contributed by atoms with van der Waals surface area (Å²) in [7, 11) is 1.88. The third-order valence-electron chi connectivity index (χ3n) is 6.59. The van der Waals surface area contributed by atoms with Gasteiger partial charge in [0.2, 0.25) is 11.8 Å². The maximum atomic E-state index is 12.5. The Morgan fingerprint density at radius 1 is 1.11 bits per heavy atom. The molecule has 4 rings (SSSR count). The van der Waals surface area contributed by atoms with E-state index in [0.717, 1.165) is 50.3 Å². The Morgan fingerprint density at radius 3 is 2.54 bits per heavy atom. The zero-order valence-corrected chi connectivity index (χ0v) is 16.9. The van der Waals surface area contributed by atoms with Crippen molar-refractivity contribution in [2.24, 2.45) is 18.9 Å². The van der Waals surface area contributed by atoms with Gasteiger partial charge in [0.15, 0.2) is 0 Å². The first-order valence-corrected chi connectivity index (χ1v) is 10.9. The maximum Gasteiger partial charge on any atom is 0.223 e. The monoisotopic (exact) mass is 387 g/mol. The van der Waals surface area contributed by atoms with Crippen molar-refractivity contribution in [2.45, 2.75) is 70.0 Å². The molecule has 28 heavy (non-hydrogen) atoms. The van der Waals surface area contributed by atoms with Gasteiger partial charge in [-0.15, -0.1) is 0 Å². The summed E-state index contributed by atoms with van der Waals surface area (Å²) < 4.78 is 1.75. The van der Waals surface area contributed by atoms with E-state index >= 15 is 0 Å². The van der Waals surface area contributed by atoms with Gasteiger partial charge in [-0.3, -0.25) is 19.2 Å². The van der Waals surface area contributed by atoms with Gasteiger partial charge in [0.1, 0.15) is 0 Å². The molecular weight excluding hydrogens is 354 g/mol. The second-order valence-corrected chi connectivity index (χ2v) is 8.90. The predicted molar refractivity (Wildman–Crippen MR) is 106 cm³/mol. The molecule has 1 aromatic rings. The van der Waals surface area contributed by atoms with E-state index in [1.54, 1.807) is 10.9 Å². The smallest absolute Gasteiger partial charge is 0.223 e. The lowest BCUT2D eigenvalue weighted by atomic mass is 9.85. The highest BCUT2D eigenvalue weighted by molar-refractivity contribution is 5.79. The quantitative estimate of drug-likeness (QED) is 0.674. The fraction of sp³-hybridized carbons (Fsp3) is 0.762. The number of nitrogens with zero attached hydrogens (tertiary/aromatic N) is 3. The molecule has 1 saturated heterocycles. The number of amides is 2. The molecule has 1 aliphatic heterocycles. The standard InChI is InChI=1S/C21H33N5O2/c1-25-13-16(11-24-25)10-22-20(27)9-18-7-8-19(26(18)14-15-5-6-15)12-23-21(28)17-3-2-4-17/h11,13,15,17-19H,2-10,12,14H2,1H3,(H,22,27)(H,23,28)/t18-,19+/m1/s1. The molecule has 2 N–H and O–H groups in total. The van der Waals surface area contributed by atoms with Crippen LogP contribution >= 0.6 is 0 Å². The predicted octanol–water partition coefficient (Wildman–Crippen LogP) is 1.59. The fourth-order valence-electron chi connectivity index (χ4n) is 4.43. The van der Waals surface area contributed by atoms with Crippen molar-refractivity contribution < 1.29 is 9.59 Å². The van der Waals surface area contributed by atoms with E-state index in [9.17, 15) is 9.59 Å². The van der Waals surface area contributed by atoms with E-state index in [4.69, 9.17) is 0 Å². The highest BCUT2D eigenvalue weighted by Crippen LogP contribution is 2.35. The van der Waals surface area contributed by atoms with E-state index in [1.807, 2.05) is 13.2 Å². The molecule has 0 bridgehead atoms. The molecule has 2 heterocycles. The molecule has 2 aliphatic carbocycles. The lowest BCUT2D eigenvalue weighted by Crippen LogP contribution is -2.47. The molecule has 154 valence electrons.